The monoisotopic (exact) mass is 382 g/mol. The summed E-state index contributed by atoms with van der Waals surface area (Å²) in [6, 6.07) is 13.3. The first-order chi connectivity index (χ1) is 13.3. The van der Waals surface area contributed by atoms with Gasteiger partial charge in [-0.05, 0) is 58.5 Å². The predicted octanol–water partition coefficient (Wildman–Crippen LogP) is 5.22. The molecule has 0 amide bonds. The first-order valence-corrected chi connectivity index (χ1v) is 8.72. The van der Waals surface area contributed by atoms with Gasteiger partial charge in [-0.2, -0.15) is 0 Å². The molecule has 4 nitrogen and oxygen atoms in total. The van der Waals surface area contributed by atoms with Crippen LogP contribution in [0, 0.1) is 11.6 Å². The molecule has 6 heteroatoms. The van der Waals surface area contributed by atoms with Gasteiger partial charge in [-0.3, -0.25) is 0 Å². The Morgan fingerprint density at radius 1 is 0.929 bits per heavy atom. The molecule has 0 saturated carbocycles. The number of rotatable bonds is 4. The van der Waals surface area contributed by atoms with E-state index in [1.165, 1.54) is 24.3 Å². The Labute approximate surface area is 161 Å². The average Bonchev–Trinajstić information content (AvgIpc) is 2.66. The van der Waals surface area contributed by atoms with E-state index in [1.807, 2.05) is 19.9 Å². The minimum Gasteiger partial charge on any atom is -0.508 e. The number of phenols is 1. The molecule has 144 valence electrons. The van der Waals surface area contributed by atoms with Crippen molar-refractivity contribution in [3.63, 3.8) is 0 Å². The highest BCUT2D eigenvalue weighted by molar-refractivity contribution is 6.07. The second kappa shape index (κ2) is 7.68. The number of nitrogens with two attached hydrogens (primary N) is 1. The summed E-state index contributed by atoms with van der Waals surface area (Å²) in [6.45, 7) is 3.99. The molecular formula is C22H20F2N2O2. The quantitative estimate of drug-likeness (QED) is 0.250. The summed E-state index contributed by atoms with van der Waals surface area (Å²) in [6.07, 6.45) is 0. The van der Waals surface area contributed by atoms with Crippen LogP contribution in [-0.2, 0) is 0 Å². The zero-order chi connectivity index (χ0) is 20.4. The number of oxime groups is 1. The van der Waals surface area contributed by atoms with Crippen LogP contribution in [0.5, 0.6) is 5.75 Å². The van der Waals surface area contributed by atoms with Crippen LogP contribution in [0.1, 0.15) is 30.9 Å². The Morgan fingerprint density at radius 2 is 1.54 bits per heavy atom. The van der Waals surface area contributed by atoms with Gasteiger partial charge in [-0.25, -0.2) is 8.78 Å². The van der Waals surface area contributed by atoms with E-state index < -0.39 is 11.6 Å². The lowest BCUT2D eigenvalue weighted by Crippen LogP contribution is -2.16. The topological polar surface area (TPSA) is 78.8 Å². The van der Waals surface area contributed by atoms with Gasteiger partial charge in [-0.15, -0.1) is 0 Å². The highest BCUT2D eigenvalue weighted by Gasteiger charge is 2.19. The van der Waals surface area contributed by atoms with Crippen LogP contribution in [0.2, 0.25) is 0 Å². The maximum absolute atomic E-state index is 13.9. The van der Waals surface area contributed by atoms with Crippen LogP contribution in [0.3, 0.4) is 0 Å². The molecule has 0 bridgehead atoms. The van der Waals surface area contributed by atoms with E-state index in [2.05, 4.69) is 5.16 Å². The van der Waals surface area contributed by atoms with E-state index in [0.29, 0.717) is 22.3 Å². The largest absolute Gasteiger partial charge is 0.508 e. The van der Waals surface area contributed by atoms with Gasteiger partial charge in [0.15, 0.2) is 5.84 Å². The van der Waals surface area contributed by atoms with E-state index in [0.717, 1.165) is 11.6 Å². The zero-order valence-corrected chi connectivity index (χ0v) is 15.4. The van der Waals surface area contributed by atoms with Crippen molar-refractivity contribution in [1.29, 1.82) is 0 Å². The molecule has 28 heavy (non-hydrogen) atoms. The van der Waals surface area contributed by atoms with Gasteiger partial charge >= 0.3 is 0 Å². The third-order valence-electron chi connectivity index (χ3n) is 4.54. The van der Waals surface area contributed by atoms with E-state index in [4.69, 9.17) is 5.73 Å². The number of hydrogen-bond donors (Lipinski definition) is 3. The molecule has 0 saturated heterocycles. The Hall–Kier alpha value is -3.41. The van der Waals surface area contributed by atoms with Crippen LogP contribution < -0.4 is 5.73 Å². The van der Waals surface area contributed by atoms with Crippen molar-refractivity contribution in [2.24, 2.45) is 10.9 Å². The molecule has 0 spiro atoms. The molecule has 0 unspecified atom stereocenters. The Balaban J connectivity index is 2.43. The lowest BCUT2D eigenvalue weighted by Gasteiger charge is -2.19. The third kappa shape index (κ3) is 3.81. The SMILES string of the molecule is CC(C)c1cc(/C(N)=N/O)c(-c2cc(F)cc(F)c2)c(-c2ccc(O)cc2)c1. The second-order valence-electron chi connectivity index (χ2n) is 6.84. The van der Waals surface area contributed by atoms with E-state index in [1.54, 1.807) is 18.2 Å². The molecule has 0 aliphatic rings. The molecule has 0 radical (unpaired) electrons. The molecule has 0 atom stereocenters. The smallest absolute Gasteiger partial charge is 0.170 e. The number of aromatic hydroxyl groups is 1. The molecule has 3 aromatic carbocycles. The summed E-state index contributed by atoms with van der Waals surface area (Å²) in [5.41, 5.74) is 9.25. The Kier molecular flexibility index (Phi) is 5.31. The standard InChI is InChI=1S/C22H20F2N2O2/c1-12(2)14-9-19(13-3-5-18(27)6-4-13)21(20(10-14)22(25)26-28)15-7-16(23)11-17(24)8-15/h3-12,27-28H,1-2H3,(H2,25,26). The summed E-state index contributed by atoms with van der Waals surface area (Å²) < 4.78 is 27.9. The van der Waals surface area contributed by atoms with Crippen LogP contribution >= 0.6 is 0 Å². The lowest BCUT2D eigenvalue weighted by molar-refractivity contribution is 0.318. The third-order valence-corrected chi connectivity index (χ3v) is 4.54. The van der Waals surface area contributed by atoms with Gasteiger partial charge < -0.3 is 16.0 Å². The van der Waals surface area contributed by atoms with Crippen molar-refractivity contribution in [3.8, 4) is 28.0 Å². The predicted molar refractivity (Wildman–Crippen MR) is 105 cm³/mol. The van der Waals surface area contributed by atoms with Gasteiger partial charge in [-0.1, -0.05) is 37.2 Å². The average molecular weight is 382 g/mol. The number of hydrogen-bond acceptors (Lipinski definition) is 3. The van der Waals surface area contributed by atoms with Gasteiger partial charge in [0.05, 0.1) is 0 Å². The van der Waals surface area contributed by atoms with Gasteiger partial charge in [0.1, 0.15) is 17.4 Å². The van der Waals surface area contributed by atoms with Crippen LogP contribution in [0.4, 0.5) is 8.78 Å². The van der Waals surface area contributed by atoms with Gasteiger partial charge in [0, 0.05) is 17.2 Å². The fraction of sp³-hybridized carbons (Fsp3) is 0.136. The van der Waals surface area contributed by atoms with Crippen LogP contribution in [-0.4, -0.2) is 16.1 Å². The summed E-state index contributed by atoms with van der Waals surface area (Å²) in [5, 5.41) is 22.0. The number of amidine groups is 1. The highest BCUT2D eigenvalue weighted by Crippen LogP contribution is 2.38. The molecule has 0 aliphatic heterocycles. The first-order valence-electron chi connectivity index (χ1n) is 8.72. The van der Waals surface area contributed by atoms with E-state index in [-0.39, 0.29) is 23.1 Å². The first kappa shape index (κ1) is 19.4. The molecule has 0 aromatic heterocycles. The lowest BCUT2D eigenvalue weighted by atomic mass is 9.86. The van der Waals surface area contributed by atoms with Gasteiger partial charge in [0.2, 0.25) is 0 Å². The molecule has 3 rings (SSSR count). The summed E-state index contributed by atoms with van der Waals surface area (Å²) >= 11 is 0. The Morgan fingerprint density at radius 3 is 2.07 bits per heavy atom. The summed E-state index contributed by atoms with van der Waals surface area (Å²) in [5.74, 6) is -1.41. The van der Waals surface area contributed by atoms with Crippen molar-refractivity contribution in [2.45, 2.75) is 19.8 Å². The molecule has 0 fully saturated rings. The Bertz CT molecular complexity index is 1020. The van der Waals surface area contributed by atoms with Gasteiger partial charge in [0.25, 0.3) is 0 Å². The summed E-state index contributed by atoms with van der Waals surface area (Å²) in [4.78, 5) is 0. The van der Waals surface area contributed by atoms with Crippen molar-refractivity contribution < 1.29 is 19.1 Å². The molecule has 0 heterocycles. The van der Waals surface area contributed by atoms with Crippen LogP contribution in [0.15, 0.2) is 59.8 Å². The maximum atomic E-state index is 13.9. The van der Waals surface area contributed by atoms with Crippen LogP contribution in [0.25, 0.3) is 22.3 Å². The fourth-order valence-corrected chi connectivity index (χ4v) is 3.13. The summed E-state index contributed by atoms with van der Waals surface area (Å²) in [7, 11) is 0. The van der Waals surface area contributed by atoms with E-state index in [9.17, 15) is 19.1 Å². The number of phenolic OH excluding ortho intramolecular Hbond substituents is 1. The second-order valence-corrected chi connectivity index (χ2v) is 6.84. The van der Waals surface area contributed by atoms with Crippen molar-refractivity contribution in [3.05, 3.63) is 77.4 Å². The van der Waals surface area contributed by atoms with Crippen molar-refractivity contribution >= 4 is 5.84 Å². The van der Waals surface area contributed by atoms with E-state index >= 15 is 0 Å². The normalized spacial score (nSPS) is 11.8. The number of benzene rings is 3. The van der Waals surface area contributed by atoms with Crippen molar-refractivity contribution in [2.75, 3.05) is 0 Å². The highest BCUT2D eigenvalue weighted by atomic mass is 19.1. The minimum atomic E-state index is -0.731. The molecule has 3 aromatic rings. The maximum Gasteiger partial charge on any atom is 0.170 e. The zero-order valence-electron chi connectivity index (χ0n) is 15.4. The molecule has 0 aliphatic carbocycles. The van der Waals surface area contributed by atoms with Crippen molar-refractivity contribution in [1.82, 2.24) is 0 Å². The molecular weight excluding hydrogens is 362 g/mol. The minimum absolute atomic E-state index is 0.0961. The molecule has 4 N–H and O–H groups in total. The fourth-order valence-electron chi connectivity index (χ4n) is 3.13. The number of halogens is 2. The number of nitrogens with zero attached hydrogens (tertiary/aromatic N) is 1.